The van der Waals surface area contributed by atoms with Crippen molar-refractivity contribution in [3.8, 4) is 0 Å². The molecule has 0 N–H and O–H groups in total. The van der Waals surface area contributed by atoms with Crippen LogP contribution in [-0.4, -0.2) is 13.1 Å². The van der Waals surface area contributed by atoms with Crippen molar-refractivity contribution in [3.05, 3.63) is 41.0 Å². The number of benzene rings is 1. The summed E-state index contributed by atoms with van der Waals surface area (Å²) in [5, 5.41) is 0. The third kappa shape index (κ3) is 1.87. The van der Waals surface area contributed by atoms with Crippen LogP contribution in [0.25, 0.3) is 6.08 Å². The zero-order valence-corrected chi connectivity index (χ0v) is 9.58. The van der Waals surface area contributed by atoms with E-state index in [1.807, 2.05) is 18.2 Å². The van der Waals surface area contributed by atoms with Crippen molar-refractivity contribution < 1.29 is 9.53 Å². The molecule has 0 saturated heterocycles. The maximum atomic E-state index is 11.5. The lowest BCUT2D eigenvalue weighted by atomic mass is 9.86. The van der Waals surface area contributed by atoms with Gasteiger partial charge in [0.15, 0.2) is 0 Å². The van der Waals surface area contributed by atoms with Gasteiger partial charge in [0.1, 0.15) is 0 Å². The first-order valence-electron chi connectivity index (χ1n) is 5.63. The van der Waals surface area contributed by atoms with Gasteiger partial charge in [-0.25, -0.2) is 4.79 Å². The van der Waals surface area contributed by atoms with Crippen LogP contribution >= 0.6 is 0 Å². The van der Waals surface area contributed by atoms with Crippen molar-refractivity contribution >= 4 is 12.0 Å². The largest absolute Gasteiger partial charge is 0.465 e. The Labute approximate surface area is 95.9 Å². The summed E-state index contributed by atoms with van der Waals surface area (Å²) in [4.78, 5) is 11.5. The van der Waals surface area contributed by atoms with Gasteiger partial charge in [-0.15, -0.1) is 0 Å². The van der Waals surface area contributed by atoms with E-state index >= 15 is 0 Å². The summed E-state index contributed by atoms with van der Waals surface area (Å²) in [6.45, 7) is 3.81. The lowest BCUT2D eigenvalue weighted by molar-refractivity contribution is 0.0600. The Bertz CT molecular complexity index is 433. The summed E-state index contributed by atoms with van der Waals surface area (Å²) in [5.41, 5.74) is 4.36. The van der Waals surface area contributed by atoms with Gasteiger partial charge in [0.2, 0.25) is 0 Å². The average Bonchev–Trinajstić information content (AvgIpc) is 2.36. The van der Waals surface area contributed by atoms with Crippen molar-refractivity contribution in [1.82, 2.24) is 0 Å². The van der Waals surface area contributed by atoms with E-state index in [2.05, 4.69) is 6.58 Å². The van der Waals surface area contributed by atoms with Gasteiger partial charge < -0.3 is 4.74 Å². The molecule has 0 bridgehead atoms. The number of carbonyl (C=O) groups is 1. The van der Waals surface area contributed by atoms with Crippen LogP contribution in [0.4, 0.5) is 0 Å². The monoisotopic (exact) mass is 216 g/mol. The molecule has 1 aromatic carbocycles. The summed E-state index contributed by atoms with van der Waals surface area (Å²) in [6.07, 6.45) is 6.41. The molecule has 2 heteroatoms. The lowest BCUT2D eigenvalue weighted by Crippen LogP contribution is -2.09. The SMILES string of the molecule is C=Cc1cc(C(=O)OC)cc2c1CCCC2. The Hall–Kier alpha value is -1.57. The summed E-state index contributed by atoms with van der Waals surface area (Å²) in [5.74, 6) is -0.267. The van der Waals surface area contributed by atoms with E-state index in [4.69, 9.17) is 4.74 Å². The minimum absolute atomic E-state index is 0.267. The highest BCUT2D eigenvalue weighted by Gasteiger charge is 2.16. The van der Waals surface area contributed by atoms with Gasteiger partial charge in [-0.05, 0) is 54.5 Å². The Morgan fingerprint density at radius 2 is 2.12 bits per heavy atom. The Kier molecular flexibility index (Phi) is 3.09. The van der Waals surface area contributed by atoms with Gasteiger partial charge in [-0.1, -0.05) is 12.7 Å². The van der Waals surface area contributed by atoms with E-state index in [0.717, 1.165) is 18.4 Å². The van der Waals surface area contributed by atoms with Gasteiger partial charge in [0.25, 0.3) is 0 Å². The molecule has 0 spiro atoms. The number of fused-ring (bicyclic) bond motifs is 1. The number of esters is 1. The molecule has 1 aliphatic rings. The maximum Gasteiger partial charge on any atom is 0.337 e. The molecule has 0 amide bonds. The van der Waals surface area contributed by atoms with Crippen LogP contribution in [-0.2, 0) is 17.6 Å². The molecule has 0 radical (unpaired) electrons. The van der Waals surface area contributed by atoms with Crippen molar-refractivity contribution in [2.24, 2.45) is 0 Å². The van der Waals surface area contributed by atoms with Crippen LogP contribution in [0.2, 0.25) is 0 Å². The van der Waals surface area contributed by atoms with Gasteiger partial charge in [0, 0.05) is 0 Å². The van der Waals surface area contributed by atoms with E-state index in [-0.39, 0.29) is 5.97 Å². The summed E-state index contributed by atoms with van der Waals surface area (Å²) in [6, 6.07) is 3.84. The molecule has 0 atom stereocenters. The van der Waals surface area contributed by atoms with Gasteiger partial charge in [-0.2, -0.15) is 0 Å². The van der Waals surface area contributed by atoms with E-state index in [0.29, 0.717) is 5.56 Å². The van der Waals surface area contributed by atoms with Gasteiger partial charge in [-0.3, -0.25) is 0 Å². The highest BCUT2D eigenvalue weighted by molar-refractivity contribution is 5.90. The second-order valence-corrected chi connectivity index (χ2v) is 4.11. The number of methoxy groups -OCH3 is 1. The number of rotatable bonds is 2. The standard InChI is InChI=1S/C14H16O2/c1-3-10-8-12(14(15)16-2)9-11-6-4-5-7-13(10)11/h3,8-9H,1,4-7H2,2H3. The van der Waals surface area contributed by atoms with Crippen LogP contribution in [0.3, 0.4) is 0 Å². The third-order valence-electron chi connectivity index (χ3n) is 3.14. The first-order chi connectivity index (χ1) is 7.76. The minimum Gasteiger partial charge on any atom is -0.465 e. The molecule has 84 valence electrons. The fraction of sp³-hybridized carbons (Fsp3) is 0.357. The molecule has 0 fully saturated rings. The smallest absolute Gasteiger partial charge is 0.337 e. The number of hydrogen-bond donors (Lipinski definition) is 0. The number of ether oxygens (including phenoxy) is 1. The molecular formula is C14H16O2. The lowest BCUT2D eigenvalue weighted by Gasteiger charge is -2.19. The molecule has 0 aromatic heterocycles. The van der Waals surface area contributed by atoms with Crippen molar-refractivity contribution in [2.45, 2.75) is 25.7 Å². The molecule has 0 unspecified atom stereocenters. The van der Waals surface area contributed by atoms with E-state index in [1.165, 1.54) is 31.1 Å². The molecule has 16 heavy (non-hydrogen) atoms. The van der Waals surface area contributed by atoms with Crippen LogP contribution in [0.15, 0.2) is 18.7 Å². The van der Waals surface area contributed by atoms with Crippen LogP contribution in [0.5, 0.6) is 0 Å². The summed E-state index contributed by atoms with van der Waals surface area (Å²) < 4.78 is 4.75. The molecular weight excluding hydrogens is 200 g/mol. The first kappa shape index (κ1) is 10.9. The van der Waals surface area contributed by atoms with Gasteiger partial charge in [0.05, 0.1) is 12.7 Å². The minimum atomic E-state index is -0.267. The predicted molar refractivity (Wildman–Crippen MR) is 64.5 cm³/mol. The molecule has 0 aliphatic heterocycles. The van der Waals surface area contributed by atoms with Crippen molar-refractivity contribution in [3.63, 3.8) is 0 Å². The fourth-order valence-electron chi connectivity index (χ4n) is 2.32. The number of hydrogen-bond acceptors (Lipinski definition) is 2. The zero-order chi connectivity index (χ0) is 11.5. The second-order valence-electron chi connectivity index (χ2n) is 4.11. The van der Waals surface area contributed by atoms with Crippen molar-refractivity contribution in [1.29, 1.82) is 0 Å². The highest BCUT2D eigenvalue weighted by atomic mass is 16.5. The third-order valence-corrected chi connectivity index (χ3v) is 3.14. The molecule has 1 aromatic rings. The fourth-order valence-corrected chi connectivity index (χ4v) is 2.32. The zero-order valence-electron chi connectivity index (χ0n) is 9.58. The van der Waals surface area contributed by atoms with Gasteiger partial charge >= 0.3 is 5.97 Å². The Balaban J connectivity index is 2.51. The van der Waals surface area contributed by atoms with Crippen LogP contribution < -0.4 is 0 Å². The van der Waals surface area contributed by atoms with E-state index < -0.39 is 0 Å². The molecule has 2 rings (SSSR count). The molecule has 2 nitrogen and oxygen atoms in total. The van der Waals surface area contributed by atoms with E-state index in [9.17, 15) is 4.79 Å². The van der Waals surface area contributed by atoms with Crippen LogP contribution in [0.1, 0.15) is 39.9 Å². The topological polar surface area (TPSA) is 26.3 Å². The average molecular weight is 216 g/mol. The second kappa shape index (κ2) is 4.52. The Morgan fingerprint density at radius 3 is 2.81 bits per heavy atom. The quantitative estimate of drug-likeness (QED) is 0.710. The highest BCUT2D eigenvalue weighted by Crippen LogP contribution is 2.27. The molecule has 1 aliphatic carbocycles. The maximum absolute atomic E-state index is 11.5. The number of aryl methyl sites for hydroxylation is 1. The predicted octanol–water partition coefficient (Wildman–Crippen LogP) is 3.00. The Morgan fingerprint density at radius 1 is 1.38 bits per heavy atom. The van der Waals surface area contributed by atoms with Crippen molar-refractivity contribution in [2.75, 3.05) is 7.11 Å². The van der Waals surface area contributed by atoms with E-state index in [1.54, 1.807) is 0 Å². The normalized spacial score (nSPS) is 14.1. The first-order valence-corrected chi connectivity index (χ1v) is 5.63. The summed E-state index contributed by atoms with van der Waals surface area (Å²) in [7, 11) is 1.41. The molecule has 0 heterocycles. The molecule has 0 saturated carbocycles. The summed E-state index contributed by atoms with van der Waals surface area (Å²) >= 11 is 0. The van der Waals surface area contributed by atoms with Crippen LogP contribution in [0, 0.1) is 0 Å². The number of carbonyl (C=O) groups excluding carboxylic acids is 1.